The summed E-state index contributed by atoms with van der Waals surface area (Å²) in [5, 5.41) is 5.96. The van der Waals surface area contributed by atoms with E-state index in [9.17, 15) is 18.0 Å². The highest BCUT2D eigenvalue weighted by molar-refractivity contribution is 8.02. The van der Waals surface area contributed by atoms with Gasteiger partial charge in [0.15, 0.2) is 5.70 Å². The van der Waals surface area contributed by atoms with Crippen molar-refractivity contribution in [3.05, 3.63) is 34.4 Å². The third-order valence-corrected chi connectivity index (χ3v) is 3.68. The number of alkyl halides is 3. The number of carbonyl (C=O) groups is 1. The van der Waals surface area contributed by atoms with Crippen molar-refractivity contribution >= 4 is 17.7 Å². The summed E-state index contributed by atoms with van der Waals surface area (Å²) in [5.74, 6) is -0.990. The smallest absolute Gasteiger partial charge is 0.265 e. The Labute approximate surface area is 112 Å². The zero-order valence-electron chi connectivity index (χ0n) is 10.1. The third kappa shape index (κ3) is 3.15. The molecule has 3 nitrogen and oxygen atoms in total. The molecule has 0 radical (unpaired) electrons. The molecule has 19 heavy (non-hydrogen) atoms. The van der Waals surface area contributed by atoms with Crippen LogP contribution in [0.15, 0.2) is 44.6 Å². The fraction of sp³-hybridized carbons (Fsp3) is 0.417. The highest BCUT2D eigenvalue weighted by Gasteiger charge is 2.42. The fourth-order valence-electron chi connectivity index (χ4n) is 1.94. The first-order valence-electron chi connectivity index (χ1n) is 5.60. The number of carbonyl (C=O) groups excluding carboxylic acids is 1. The van der Waals surface area contributed by atoms with Crippen molar-refractivity contribution in [2.75, 3.05) is 6.26 Å². The van der Waals surface area contributed by atoms with Crippen molar-refractivity contribution in [3.8, 4) is 0 Å². The molecular weight excluding hydrogens is 277 g/mol. The Hall–Kier alpha value is -1.37. The molecule has 1 atom stereocenters. The molecular formula is C12H11F3N2OS. The van der Waals surface area contributed by atoms with Crippen LogP contribution in [-0.2, 0) is 4.79 Å². The number of halogens is 3. The van der Waals surface area contributed by atoms with Crippen molar-refractivity contribution in [3.63, 3.8) is 0 Å². The van der Waals surface area contributed by atoms with Gasteiger partial charge in [0.1, 0.15) is 0 Å². The Balaban J connectivity index is 2.13. The van der Waals surface area contributed by atoms with Crippen LogP contribution < -0.4 is 0 Å². The lowest BCUT2D eigenvalue weighted by Gasteiger charge is -2.16. The predicted molar refractivity (Wildman–Crippen MR) is 66.4 cm³/mol. The van der Waals surface area contributed by atoms with E-state index in [2.05, 4.69) is 10.2 Å². The largest absolute Gasteiger partial charge is 0.435 e. The zero-order chi connectivity index (χ0) is 14.0. The highest BCUT2D eigenvalue weighted by atomic mass is 32.2. The van der Waals surface area contributed by atoms with E-state index in [4.69, 9.17) is 0 Å². The van der Waals surface area contributed by atoms with Crippen LogP contribution in [0, 0.1) is 5.92 Å². The normalized spacial score (nSPS) is 23.3. The monoisotopic (exact) mass is 288 g/mol. The van der Waals surface area contributed by atoms with E-state index < -0.39 is 17.8 Å². The van der Waals surface area contributed by atoms with Gasteiger partial charge in [-0.15, -0.1) is 22.0 Å². The van der Waals surface area contributed by atoms with Crippen molar-refractivity contribution < 1.29 is 18.0 Å². The standard InChI is InChI=1S/C12H11F3N2OS/c1-19-8-4-2-7(3-5-8)6-9-10(12(13,14)15)16-17-11(9)18/h2,4-5,7H,3,6H2,1H3/t7-/m1/s1. The van der Waals surface area contributed by atoms with Gasteiger partial charge in [0, 0.05) is 4.91 Å². The summed E-state index contributed by atoms with van der Waals surface area (Å²) in [4.78, 5) is 12.4. The molecule has 2 aliphatic rings. The number of allylic oxidation sites excluding steroid dienone is 4. The van der Waals surface area contributed by atoms with Gasteiger partial charge in [-0.05, 0) is 25.0 Å². The van der Waals surface area contributed by atoms with Crippen LogP contribution in [0.2, 0.25) is 0 Å². The number of amides is 1. The van der Waals surface area contributed by atoms with Gasteiger partial charge in [-0.2, -0.15) is 13.2 Å². The molecule has 102 valence electrons. The summed E-state index contributed by atoms with van der Waals surface area (Å²) in [6.45, 7) is 0. The van der Waals surface area contributed by atoms with E-state index in [1.165, 1.54) is 0 Å². The lowest BCUT2D eigenvalue weighted by atomic mass is 9.92. The molecule has 0 fully saturated rings. The average molecular weight is 288 g/mol. The lowest BCUT2D eigenvalue weighted by molar-refractivity contribution is -0.115. The maximum atomic E-state index is 12.7. The molecule has 1 heterocycles. The zero-order valence-corrected chi connectivity index (χ0v) is 10.9. The molecule has 0 aromatic heterocycles. The molecule has 0 aromatic rings. The van der Waals surface area contributed by atoms with Crippen LogP contribution in [0.4, 0.5) is 13.2 Å². The minimum Gasteiger partial charge on any atom is -0.265 e. The van der Waals surface area contributed by atoms with E-state index in [0.29, 0.717) is 6.42 Å². The molecule has 2 rings (SSSR count). The SMILES string of the molecule is CSC1=CC[C@H](CC2=C(C(F)(F)F)N=NC2=O)C=C1. The molecule has 7 heteroatoms. The van der Waals surface area contributed by atoms with E-state index >= 15 is 0 Å². The van der Waals surface area contributed by atoms with Gasteiger partial charge in [0.05, 0.1) is 5.57 Å². The molecule has 0 spiro atoms. The van der Waals surface area contributed by atoms with Crippen LogP contribution in [0.3, 0.4) is 0 Å². The average Bonchev–Trinajstić information content (AvgIpc) is 2.72. The molecule has 1 aliphatic heterocycles. The fourth-order valence-corrected chi connectivity index (χ4v) is 2.42. The van der Waals surface area contributed by atoms with Gasteiger partial charge in [-0.3, -0.25) is 4.79 Å². The van der Waals surface area contributed by atoms with Crippen LogP contribution in [0.5, 0.6) is 0 Å². The Kier molecular flexibility index (Phi) is 3.93. The summed E-state index contributed by atoms with van der Waals surface area (Å²) in [6.07, 6.45) is 3.60. The number of nitrogens with zero attached hydrogens (tertiary/aromatic N) is 2. The second-order valence-corrected chi connectivity index (χ2v) is 5.08. The molecule has 0 N–H and O–H groups in total. The van der Waals surface area contributed by atoms with Gasteiger partial charge < -0.3 is 0 Å². The first kappa shape index (κ1) is 14.0. The number of rotatable bonds is 3. The van der Waals surface area contributed by atoms with Crippen molar-refractivity contribution in [1.82, 2.24) is 0 Å². The first-order chi connectivity index (χ1) is 8.91. The molecule has 1 amide bonds. The second-order valence-electron chi connectivity index (χ2n) is 4.20. The topological polar surface area (TPSA) is 41.8 Å². The van der Waals surface area contributed by atoms with Crippen molar-refractivity contribution in [2.45, 2.75) is 19.0 Å². The second kappa shape index (κ2) is 5.32. The molecule has 0 saturated carbocycles. The number of hydrogen-bond acceptors (Lipinski definition) is 3. The highest BCUT2D eigenvalue weighted by Crippen LogP contribution is 2.37. The molecule has 1 aliphatic carbocycles. The van der Waals surface area contributed by atoms with E-state index in [1.54, 1.807) is 11.8 Å². The van der Waals surface area contributed by atoms with Crippen LogP contribution in [0.25, 0.3) is 0 Å². The summed E-state index contributed by atoms with van der Waals surface area (Å²) in [5.41, 5.74) is -1.48. The lowest BCUT2D eigenvalue weighted by Crippen LogP contribution is -2.14. The molecule has 0 saturated heterocycles. The quantitative estimate of drug-likeness (QED) is 0.787. The summed E-state index contributed by atoms with van der Waals surface area (Å²) in [7, 11) is 0. The minimum absolute atomic E-state index is 0.0232. The van der Waals surface area contributed by atoms with Crippen LogP contribution in [0.1, 0.15) is 12.8 Å². The predicted octanol–water partition coefficient (Wildman–Crippen LogP) is 4.01. The van der Waals surface area contributed by atoms with Gasteiger partial charge in [-0.1, -0.05) is 18.2 Å². The van der Waals surface area contributed by atoms with Gasteiger partial charge >= 0.3 is 6.18 Å². The number of hydrogen-bond donors (Lipinski definition) is 0. The third-order valence-electron chi connectivity index (χ3n) is 2.91. The maximum absolute atomic E-state index is 12.7. The van der Waals surface area contributed by atoms with Gasteiger partial charge in [-0.25, -0.2) is 0 Å². The van der Waals surface area contributed by atoms with Crippen molar-refractivity contribution in [1.29, 1.82) is 0 Å². The maximum Gasteiger partial charge on any atom is 0.435 e. The Morgan fingerprint density at radius 3 is 2.68 bits per heavy atom. The van der Waals surface area contributed by atoms with E-state index in [-0.39, 0.29) is 17.9 Å². The number of azo groups is 1. The van der Waals surface area contributed by atoms with E-state index in [0.717, 1.165) is 4.91 Å². The van der Waals surface area contributed by atoms with Crippen molar-refractivity contribution in [2.24, 2.45) is 16.1 Å². The number of thioether (sulfide) groups is 1. The van der Waals surface area contributed by atoms with E-state index in [1.807, 2.05) is 24.5 Å². The van der Waals surface area contributed by atoms with Gasteiger partial charge in [0.25, 0.3) is 5.91 Å². The Morgan fingerprint density at radius 2 is 2.16 bits per heavy atom. The minimum atomic E-state index is -4.62. The van der Waals surface area contributed by atoms with Crippen LogP contribution in [-0.4, -0.2) is 18.3 Å². The summed E-state index contributed by atoms with van der Waals surface area (Å²) >= 11 is 1.57. The summed E-state index contributed by atoms with van der Waals surface area (Å²) < 4.78 is 38.0. The van der Waals surface area contributed by atoms with Crippen LogP contribution >= 0.6 is 11.8 Å². The van der Waals surface area contributed by atoms with Gasteiger partial charge in [0.2, 0.25) is 0 Å². The molecule has 0 bridgehead atoms. The molecule has 0 unspecified atom stereocenters. The Morgan fingerprint density at radius 1 is 1.42 bits per heavy atom. The summed E-state index contributed by atoms with van der Waals surface area (Å²) in [6, 6.07) is 0. The Bertz CT molecular complexity index is 518. The molecule has 0 aromatic carbocycles. The first-order valence-corrected chi connectivity index (χ1v) is 6.83.